The fourth-order valence-electron chi connectivity index (χ4n) is 2.12. The van der Waals surface area contributed by atoms with Gasteiger partial charge in [-0.3, -0.25) is 4.79 Å². The van der Waals surface area contributed by atoms with E-state index in [1.807, 2.05) is 48.5 Å². The number of hydrogen-bond acceptors (Lipinski definition) is 4. The van der Waals surface area contributed by atoms with Crippen LogP contribution in [0.25, 0.3) is 10.9 Å². The van der Waals surface area contributed by atoms with Crippen LogP contribution in [0, 0.1) is 0 Å². The molecule has 0 unspecified atom stereocenters. The van der Waals surface area contributed by atoms with Gasteiger partial charge >= 0.3 is 0 Å². The molecule has 2 N–H and O–H groups in total. The fraction of sp³-hybridized carbons (Fsp3) is 0.0625. The van der Waals surface area contributed by atoms with E-state index in [0.717, 1.165) is 28.1 Å². The molecule has 5 nitrogen and oxygen atoms in total. The van der Waals surface area contributed by atoms with E-state index < -0.39 is 0 Å². The molecule has 3 rings (SSSR count). The third kappa shape index (κ3) is 3.51. The molecule has 1 amide bonds. The predicted molar refractivity (Wildman–Crippen MR) is 90.8 cm³/mol. The van der Waals surface area contributed by atoms with E-state index in [-0.39, 0.29) is 18.3 Å². The number of aromatic nitrogens is 2. The van der Waals surface area contributed by atoms with Crippen molar-refractivity contribution in [2.45, 2.75) is 6.92 Å². The molecule has 3 aromatic rings. The van der Waals surface area contributed by atoms with Crippen LogP contribution in [0.5, 0.6) is 0 Å². The van der Waals surface area contributed by atoms with Crippen LogP contribution in [0.1, 0.15) is 6.92 Å². The zero-order valence-corrected chi connectivity index (χ0v) is 12.7. The first kappa shape index (κ1) is 15.7. The Hall–Kier alpha value is -2.66. The molecule has 0 aliphatic heterocycles. The molecular weight excluding hydrogens is 300 g/mol. The number of nitrogens with zero attached hydrogens (tertiary/aromatic N) is 2. The lowest BCUT2D eigenvalue weighted by atomic mass is 10.2. The monoisotopic (exact) mass is 314 g/mol. The Balaban J connectivity index is 0.00000176. The molecular formula is C16H15ClN4O. The van der Waals surface area contributed by atoms with Gasteiger partial charge in [0.1, 0.15) is 12.1 Å². The SMILES string of the molecule is CC(=O)Nc1cccc(Nc2ncnc3ccccc23)c1.Cl. The van der Waals surface area contributed by atoms with Gasteiger partial charge in [-0.15, -0.1) is 12.4 Å². The average molecular weight is 315 g/mol. The lowest BCUT2D eigenvalue weighted by molar-refractivity contribution is -0.114. The number of para-hydroxylation sites is 1. The van der Waals surface area contributed by atoms with Gasteiger partial charge in [-0.2, -0.15) is 0 Å². The van der Waals surface area contributed by atoms with E-state index in [4.69, 9.17) is 0 Å². The summed E-state index contributed by atoms with van der Waals surface area (Å²) in [7, 11) is 0. The highest BCUT2D eigenvalue weighted by Crippen LogP contribution is 2.24. The highest BCUT2D eigenvalue weighted by molar-refractivity contribution is 5.92. The van der Waals surface area contributed by atoms with E-state index >= 15 is 0 Å². The first-order valence-corrected chi connectivity index (χ1v) is 6.57. The van der Waals surface area contributed by atoms with Crippen molar-refractivity contribution in [3.63, 3.8) is 0 Å². The van der Waals surface area contributed by atoms with Gasteiger partial charge in [0.25, 0.3) is 0 Å². The van der Waals surface area contributed by atoms with E-state index in [9.17, 15) is 4.79 Å². The number of carbonyl (C=O) groups is 1. The minimum atomic E-state index is -0.0976. The summed E-state index contributed by atoms with van der Waals surface area (Å²) in [5, 5.41) is 6.96. The van der Waals surface area contributed by atoms with Crippen molar-refractivity contribution >= 4 is 46.4 Å². The highest BCUT2D eigenvalue weighted by atomic mass is 35.5. The summed E-state index contributed by atoms with van der Waals surface area (Å²) < 4.78 is 0. The maximum atomic E-state index is 11.1. The topological polar surface area (TPSA) is 66.9 Å². The Bertz CT molecular complexity index is 802. The van der Waals surface area contributed by atoms with Crippen LogP contribution in [0.2, 0.25) is 0 Å². The smallest absolute Gasteiger partial charge is 0.221 e. The number of amides is 1. The molecule has 1 heterocycles. The Kier molecular flexibility index (Phi) is 4.91. The van der Waals surface area contributed by atoms with Crippen LogP contribution < -0.4 is 10.6 Å². The number of benzene rings is 2. The second-order valence-electron chi connectivity index (χ2n) is 4.63. The van der Waals surface area contributed by atoms with Crippen LogP contribution in [0.3, 0.4) is 0 Å². The van der Waals surface area contributed by atoms with Gasteiger partial charge in [0.05, 0.1) is 5.52 Å². The summed E-state index contributed by atoms with van der Waals surface area (Å²) in [5.74, 6) is 0.639. The Labute approximate surface area is 134 Å². The predicted octanol–water partition coefficient (Wildman–Crippen LogP) is 3.75. The van der Waals surface area contributed by atoms with Gasteiger partial charge in [0.2, 0.25) is 5.91 Å². The summed E-state index contributed by atoms with van der Waals surface area (Å²) in [6.07, 6.45) is 1.53. The quantitative estimate of drug-likeness (QED) is 0.772. The standard InChI is InChI=1S/C16H14N4O.ClH/c1-11(21)19-12-5-4-6-13(9-12)20-16-14-7-2-3-8-15(14)17-10-18-16;/h2-10H,1H3,(H,19,21)(H,17,18,20);1H. The molecule has 0 atom stereocenters. The second kappa shape index (κ2) is 6.87. The van der Waals surface area contributed by atoms with Gasteiger partial charge in [-0.05, 0) is 30.3 Å². The number of anilines is 3. The zero-order valence-electron chi connectivity index (χ0n) is 11.9. The molecule has 0 spiro atoms. The molecule has 0 radical (unpaired) electrons. The van der Waals surface area contributed by atoms with Crippen molar-refractivity contribution in [1.82, 2.24) is 9.97 Å². The van der Waals surface area contributed by atoms with Gasteiger partial charge < -0.3 is 10.6 Å². The molecule has 22 heavy (non-hydrogen) atoms. The van der Waals surface area contributed by atoms with Gasteiger partial charge in [-0.1, -0.05) is 18.2 Å². The van der Waals surface area contributed by atoms with E-state index in [2.05, 4.69) is 20.6 Å². The maximum Gasteiger partial charge on any atom is 0.221 e. The van der Waals surface area contributed by atoms with Crippen molar-refractivity contribution in [3.05, 3.63) is 54.9 Å². The van der Waals surface area contributed by atoms with Crippen molar-refractivity contribution in [1.29, 1.82) is 0 Å². The Morgan fingerprint density at radius 3 is 2.59 bits per heavy atom. The van der Waals surface area contributed by atoms with Crippen molar-refractivity contribution in [2.24, 2.45) is 0 Å². The van der Waals surface area contributed by atoms with Crippen molar-refractivity contribution in [2.75, 3.05) is 10.6 Å². The van der Waals surface area contributed by atoms with E-state index in [1.54, 1.807) is 0 Å². The minimum Gasteiger partial charge on any atom is -0.340 e. The van der Waals surface area contributed by atoms with E-state index in [0.29, 0.717) is 0 Å². The molecule has 0 bridgehead atoms. The molecule has 0 saturated heterocycles. The number of fused-ring (bicyclic) bond motifs is 1. The minimum absolute atomic E-state index is 0. The molecule has 0 fully saturated rings. The molecule has 2 aromatic carbocycles. The largest absolute Gasteiger partial charge is 0.340 e. The molecule has 0 saturated carbocycles. The van der Waals surface area contributed by atoms with Crippen molar-refractivity contribution < 1.29 is 4.79 Å². The van der Waals surface area contributed by atoms with Gasteiger partial charge in [0, 0.05) is 23.7 Å². The van der Waals surface area contributed by atoms with Crippen LogP contribution in [0.15, 0.2) is 54.9 Å². The Morgan fingerprint density at radius 2 is 1.77 bits per heavy atom. The number of hydrogen-bond donors (Lipinski definition) is 2. The van der Waals surface area contributed by atoms with Crippen LogP contribution in [0.4, 0.5) is 17.2 Å². The van der Waals surface area contributed by atoms with Crippen LogP contribution >= 0.6 is 12.4 Å². The third-order valence-electron chi connectivity index (χ3n) is 2.99. The maximum absolute atomic E-state index is 11.1. The number of halogens is 1. The molecule has 112 valence electrons. The summed E-state index contributed by atoms with van der Waals surface area (Å²) in [4.78, 5) is 19.6. The summed E-state index contributed by atoms with van der Waals surface area (Å²) in [5.41, 5.74) is 2.48. The zero-order chi connectivity index (χ0) is 14.7. The summed E-state index contributed by atoms with van der Waals surface area (Å²) in [6, 6.07) is 15.3. The van der Waals surface area contributed by atoms with Crippen LogP contribution in [-0.2, 0) is 4.79 Å². The summed E-state index contributed by atoms with van der Waals surface area (Å²) in [6.45, 7) is 1.48. The fourth-order valence-corrected chi connectivity index (χ4v) is 2.12. The summed E-state index contributed by atoms with van der Waals surface area (Å²) >= 11 is 0. The Morgan fingerprint density at radius 1 is 1.00 bits per heavy atom. The molecule has 0 aliphatic rings. The lowest BCUT2D eigenvalue weighted by Crippen LogP contribution is -2.05. The van der Waals surface area contributed by atoms with Gasteiger partial charge in [0.15, 0.2) is 0 Å². The molecule has 0 aliphatic carbocycles. The second-order valence-corrected chi connectivity index (χ2v) is 4.63. The normalized spacial score (nSPS) is 9.86. The number of nitrogens with one attached hydrogen (secondary N) is 2. The third-order valence-corrected chi connectivity index (χ3v) is 2.99. The van der Waals surface area contributed by atoms with Gasteiger partial charge in [-0.25, -0.2) is 9.97 Å². The number of carbonyl (C=O) groups excluding carboxylic acids is 1. The number of rotatable bonds is 3. The van der Waals surface area contributed by atoms with E-state index in [1.165, 1.54) is 13.3 Å². The average Bonchev–Trinajstić information content (AvgIpc) is 2.47. The highest BCUT2D eigenvalue weighted by Gasteiger charge is 2.04. The van der Waals surface area contributed by atoms with Crippen LogP contribution in [-0.4, -0.2) is 15.9 Å². The first-order chi connectivity index (χ1) is 10.2. The first-order valence-electron chi connectivity index (χ1n) is 6.57. The van der Waals surface area contributed by atoms with Crippen molar-refractivity contribution in [3.8, 4) is 0 Å². The molecule has 6 heteroatoms. The molecule has 1 aromatic heterocycles. The lowest BCUT2D eigenvalue weighted by Gasteiger charge is -2.09.